The molecule has 0 amide bonds. The van der Waals surface area contributed by atoms with Crippen molar-refractivity contribution < 1.29 is 4.74 Å². The Bertz CT molecular complexity index is 233. The lowest BCUT2D eigenvalue weighted by atomic mass is 10.3. The number of rotatable bonds is 3. The van der Waals surface area contributed by atoms with Gasteiger partial charge >= 0.3 is 0 Å². The van der Waals surface area contributed by atoms with Crippen LogP contribution in [0.15, 0.2) is 5.38 Å². The van der Waals surface area contributed by atoms with Crippen LogP contribution in [-0.2, 0) is 11.2 Å². The van der Waals surface area contributed by atoms with Gasteiger partial charge in [-0.3, -0.25) is 0 Å². The van der Waals surface area contributed by atoms with E-state index in [9.17, 15) is 0 Å². The topological polar surface area (TPSA) is 48.1 Å². The van der Waals surface area contributed by atoms with E-state index in [0.717, 1.165) is 18.0 Å². The van der Waals surface area contributed by atoms with Gasteiger partial charge in [0, 0.05) is 18.9 Å². The summed E-state index contributed by atoms with van der Waals surface area (Å²) in [5, 5.41) is 2.58. The highest BCUT2D eigenvalue weighted by Crippen LogP contribution is 2.10. The van der Waals surface area contributed by atoms with Crippen molar-refractivity contribution in [2.24, 2.45) is 5.92 Å². The van der Waals surface area contributed by atoms with E-state index in [1.54, 1.807) is 7.11 Å². The quantitative estimate of drug-likeness (QED) is 0.844. The summed E-state index contributed by atoms with van der Waals surface area (Å²) in [5.74, 6) is 0.833. The van der Waals surface area contributed by atoms with Crippen molar-refractivity contribution in [1.29, 1.82) is 0 Å². The third-order valence-electron chi connectivity index (χ3n) is 1.13. The second-order valence-electron chi connectivity index (χ2n) is 3.65. The van der Waals surface area contributed by atoms with Crippen molar-refractivity contribution in [3.63, 3.8) is 0 Å². The van der Waals surface area contributed by atoms with E-state index in [4.69, 9.17) is 10.5 Å². The molecule has 0 atom stereocenters. The molecule has 1 heterocycles. The fourth-order valence-corrected chi connectivity index (χ4v) is 1.24. The minimum absolute atomic E-state index is 0.631. The van der Waals surface area contributed by atoms with Crippen LogP contribution >= 0.6 is 11.3 Å². The first-order valence-corrected chi connectivity index (χ1v) is 5.63. The average molecular weight is 216 g/mol. The molecule has 0 radical (unpaired) electrons. The van der Waals surface area contributed by atoms with Crippen molar-refractivity contribution in [1.82, 2.24) is 4.98 Å². The summed E-state index contributed by atoms with van der Waals surface area (Å²) in [6.45, 7) is 7.21. The summed E-state index contributed by atoms with van der Waals surface area (Å²) in [6.07, 6.45) is 0.851. The molecule has 0 bridgehead atoms. The van der Waals surface area contributed by atoms with Gasteiger partial charge in [0.05, 0.1) is 12.3 Å². The number of aromatic nitrogens is 1. The molecule has 0 saturated heterocycles. The molecule has 2 N–H and O–H groups in total. The van der Waals surface area contributed by atoms with Crippen LogP contribution < -0.4 is 5.73 Å². The Morgan fingerprint density at radius 2 is 2.07 bits per heavy atom. The SMILES string of the molecule is CC(C)C.COCCc1csc(N)n1. The molecular formula is C10H20N2OS. The smallest absolute Gasteiger partial charge is 0.180 e. The maximum absolute atomic E-state index is 5.42. The van der Waals surface area contributed by atoms with Crippen molar-refractivity contribution in [2.45, 2.75) is 27.2 Å². The molecule has 1 aromatic heterocycles. The van der Waals surface area contributed by atoms with Crippen molar-refractivity contribution in [3.8, 4) is 0 Å². The number of nitrogen functional groups attached to an aromatic ring is 1. The molecule has 0 spiro atoms. The van der Waals surface area contributed by atoms with Gasteiger partial charge in [0.1, 0.15) is 0 Å². The number of nitrogens with zero attached hydrogens (tertiary/aromatic N) is 1. The van der Waals surface area contributed by atoms with E-state index in [1.165, 1.54) is 11.3 Å². The van der Waals surface area contributed by atoms with Gasteiger partial charge in [0.2, 0.25) is 0 Å². The minimum atomic E-state index is 0.631. The van der Waals surface area contributed by atoms with E-state index in [-0.39, 0.29) is 0 Å². The summed E-state index contributed by atoms with van der Waals surface area (Å²) in [5.41, 5.74) is 6.43. The van der Waals surface area contributed by atoms with Crippen LogP contribution in [0.3, 0.4) is 0 Å². The van der Waals surface area contributed by atoms with E-state index in [1.807, 2.05) is 5.38 Å². The van der Waals surface area contributed by atoms with Gasteiger partial charge in [-0.15, -0.1) is 11.3 Å². The van der Waals surface area contributed by atoms with Crippen LogP contribution in [-0.4, -0.2) is 18.7 Å². The minimum Gasteiger partial charge on any atom is -0.384 e. The molecule has 1 rings (SSSR count). The van der Waals surface area contributed by atoms with E-state index in [2.05, 4.69) is 25.8 Å². The summed E-state index contributed by atoms with van der Waals surface area (Å²) < 4.78 is 4.88. The van der Waals surface area contributed by atoms with Crippen LogP contribution in [0.5, 0.6) is 0 Å². The third kappa shape index (κ3) is 8.01. The zero-order valence-corrected chi connectivity index (χ0v) is 10.2. The maximum atomic E-state index is 5.42. The molecular weight excluding hydrogens is 196 g/mol. The lowest BCUT2D eigenvalue weighted by Crippen LogP contribution is -1.94. The van der Waals surface area contributed by atoms with Crippen LogP contribution in [0.4, 0.5) is 5.13 Å². The Morgan fingerprint density at radius 1 is 1.50 bits per heavy atom. The predicted molar refractivity (Wildman–Crippen MR) is 62.6 cm³/mol. The van der Waals surface area contributed by atoms with Gasteiger partial charge in [0.15, 0.2) is 5.13 Å². The first-order valence-electron chi connectivity index (χ1n) is 4.75. The highest BCUT2D eigenvalue weighted by atomic mass is 32.1. The number of anilines is 1. The Kier molecular flexibility index (Phi) is 7.42. The van der Waals surface area contributed by atoms with Gasteiger partial charge in [-0.1, -0.05) is 20.8 Å². The molecule has 0 aliphatic carbocycles. The molecule has 0 unspecified atom stereocenters. The van der Waals surface area contributed by atoms with Crippen molar-refractivity contribution in [2.75, 3.05) is 19.5 Å². The molecule has 4 heteroatoms. The zero-order valence-electron chi connectivity index (χ0n) is 9.41. The number of nitrogens with two attached hydrogens (primary N) is 1. The van der Waals surface area contributed by atoms with Gasteiger partial charge in [-0.25, -0.2) is 4.98 Å². The first kappa shape index (κ1) is 13.4. The van der Waals surface area contributed by atoms with Crippen molar-refractivity contribution >= 4 is 16.5 Å². The van der Waals surface area contributed by atoms with Gasteiger partial charge < -0.3 is 10.5 Å². The van der Waals surface area contributed by atoms with Gasteiger partial charge in [-0.2, -0.15) is 0 Å². The summed E-state index contributed by atoms with van der Waals surface area (Å²) in [6, 6.07) is 0. The van der Waals surface area contributed by atoms with E-state index < -0.39 is 0 Å². The van der Waals surface area contributed by atoms with E-state index >= 15 is 0 Å². The number of hydrogen-bond donors (Lipinski definition) is 1. The fraction of sp³-hybridized carbons (Fsp3) is 0.700. The van der Waals surface area contributed by atoms with Gasteiger partial charge in [-0.05, 0) is 5.92 Å². The van der Waals surface area contributed by atoms with Crippen LogP contribution in [0.2, 0.25) is 0 Å². The van der Waals surface area contributed by atoms with E-state index in [0.29, 0.717) is 11.7 Å². The first-order chi connectivity index (χ1) is 6.56. The largest absolute Gasteiger partial charge is 0.384 e. The number of ether oxygens (including phenoxy) is 1. The molecule has 1 aromatic rings. The number of methoxy groups -OCH3 is 1. The molecule has 3 nitrogen and oxygen atoms in total. The second-order valence-corrected chi connectivity index (χ2v) is 4.54. The molecule has 0 aliphatic rings. The lowest BCUT2D eigenvalue weighted by molar-refractivity contribution is 0.201. The highest BCUT2D eigenvalue weighted by Gasteiger charge is 1.96. The third-order valence-corrected chi connectivity index (χ3v) is 1.85. The normalized spacial score (nSPS) is 9.79. The Balaban J connectivity index is 0.000000364. The van der Waals surface area contributed by atoms with Crippen molar-refractivity contribution in [3.05, 3.63) is 11.1 Å². The fourth-order valence-electron chi connectivity index (χ4n) is 0.644. The molecule has 0 aromatic carbocycles. The Morgan fingerprint density at radius 3 is 2.43 bits per heavy atom. The second kappa shape index (κ2) is 7.76. The molecule has 82 valence electrons. The lowest BCUT2D eigenvalue weighted by Gasteiger charge is -1.92. The zero-order chi connectivity index (χ0) is 11.0. The van der Waals surface area contributed by atoms with Crippen LogP contribution in [0, 0.1) is 5.92 Å². The summed E-state index contributed by atoms with van der Waals surface area (Å²) >= 11 is 1.47. The number of thiazole rings is 1. The predicted octanol–water partition coefficient (Wildman–Crippen LogP) is 2.58. The van der Waals surface area contributed by atoms with Gasteiger partial charge in [0.25, 0.3) is 0 Å². The Labute approximate surface area is 90.3 Å². The van der Waals surface area contributed by atoms with Crippen LogP contribution in [0.25, 0.3) is 0 Å². The van der Waals surface area contributed by atoms with Crippen LogP contribution in [0.1, 0.15) is 26.5 Å². The molecule has 0 saturated carbocycles. The monoisotopic (exact) mass is 216 g/mol. The molecule has 0 fully saturated rings. The molecule has 14 heavy (non-hydrogen) atoms. The summed E-state index contributed by atoms with van der Waals surface area (Å²) in [4.78, 5) is 4.06. The Hall–Kier alpha value is -0.610. The standard InChI is InChI=1S/C6H10N2OS.C4H10/c1-9-3-2-5-4-10-6(7)8-5;1-4(2)3/h4H,2-3H2,1H3,(H2,7,8);4H,1-3H3. The highest BCUT2D eigenvalue weighted by molar-refractivity contribution is 7.13. The average Bonchev–Trinajstić information content (AvgIpc) is 2.47. The molecule has 0 aliphatic heterocycles. The number of hydrogen-bond acceptors (Lipinski definition) is 4. The maximum Gasteiger partial charge on any atom is 0.180 e. The summed E-state index contributed by atoms with van der Waals surface area (Å²) in [7, 11) is 1.68.